The molecule has 3 rings (SSSR count). The van der Waals surface area contributed by atoms with Crippen LogP contribution in [-0.4, -0.2) is 16.1 Å². The van der Waals surface area contributed by atoms with Crippen LogP contribution < -0.4 is 5.32 Å². The standard InChI is InChI=1S/C15H14ClN3O/c16-12-5-1-10(2-6-12)9-17-15(20)14-8-7-13(18-19-14)11-3-4-11/h1-2,5-8,11H,3-4,9H2,(H,17,20). The molecule has 0 radical (unpaired) electrons. The Morgan fingerprint density at radius 1 is 1.15 bits per heavy atom. The third-order valence-corrected chi connectivity index (χ3v) is 3.53. The number of rotatable bonds is 4. The number of carbonyl (C=O) groups is 1. The lowest BCUT2D eigenvalue weighted by atomic mass is 10.2. The van der Waals surface area contributed by atoms with E-state index in [-0.39, 0.29) is 5.91 Å². The lowest BCUT2D eigenvalue weighted by Crippen LogP contribution is -2.24. The van der Waals surface area contributed by atoms with Crippen molar-refractivity contribution in [3.63, 3.8) is 0 Å². The summed E-state index contributed by atoms with van der Waals surface area (Å²) in [5, 5.41) is 11.6. The summed E-state index contributed by atoms with van der Waals surface area (Å²) in [5.41, 5.74) is 2.33. The second-order valence-corrected chi connectivity index (χ2v) is 5.36. The molecular weight excluding hydrogens is 274 g/mol. The molecule has 1 saturated carbocycles. The van der Waals surface area contributed by atoms with Crippen molar-refractivity contribution in [2.45, 2.75) is 25.3 Å². The van der Waals surface area contributed by atoms with Gasteiger partial charge >= 0.3 is 0 Å². The molecule has 0 saturated heterocycles. The molecule has 1 aromatic heterocycles. The maximum absolute atomic E-state index is 11.9. The highest BCUT2D eigenvalue weighted by Gasteiger charge is 2.25. The van der Waals surface area contributed by atoms with Crippen molar-refractivity contribution >= 4 is 17.5 Å². The molecule has 1 heterocycles. The summed E-state index contributed by atoms with van der Waals surface area (Å²) in [6, 6.07) is 11.0. The third kappa shape index (κ3) is 3.14. The van der Waals surface area contributed by atoms with Crippen LogP contribution in [-0.2, 0) is 6.54 Å². The molecule has 1 fully saturated rings. The van der Waals surface area contributed by atoms with Gasteiger partial charge in [-0.05, 0) is 42.7 Å². The highest BCUT2D eigenvalue weighted by Crippen LogP contribution is 2.38. The van der Waals surface area contributed by atoms with Crippen molar-refractivity contribution in [2.75, 3.05) is 0 Å². The summed E-state index contributed by atoms with van der Waals surface area (Å²) >= 11 is 5.81. The lowest BCUT2D eigenvalue weighted by molar-refractivity contribution is 0.0945. The van der Waals surface area contributed by atoms with Crippen LogP contribution in [0.1, 0.15) is 40.5 Å². The largest absolute Gasteiger partial charge is 0.347 e. The van der Waals surface area contributed by atoms with E-state index >= 15 is 0 Å². The minimum absolute atomic E-state index is 0.213. The van der Waals surface area contributed by atoms with E-state index in [9.17, 15) is 4.79 Å². The predicted octanol–water partition coefficient (Wildman–Crippen LogP) is 2.94. The van der Waals surface area contributed by atoms with Crippen molar-refractivity contribution < 1.29 is 4.79 Å². The quantitative estimate of drug-likeness (QED) is 0.940. The zero-order valence-corrected chi connectivity index (χ0v) is 11.6. The molecular formula is C15H14ClN3O. The minimum Gasteiger partial charge on any atom is -0.347 e. The SMILES string of the molecule is O=C(NCc1ccc(Cl)cc1)c1ccc(C2CC2)nn1. The Kier molecular flexibility index (Phi) is 3.65. The molecule has 2 aromatic rings. The van der Waals surface area contributed by atoms with Gasteiger partial charge < -0.3 is 5.32 Å². The van der Waals surface area contributed by atoms with Crippen molar-refractivity contribution in [3.8, 4) is 0 Å². The Bertz CT molecular complexity index is 606. The fraction of sp³-hybridized carbons (Fsp3) is 0.267. The van der Waals surface area contributed by atoms with Gasteiger partial charge in [0.05, 0.1) is 5.69 Å². The highest BCUT2D eigenvalue weighted by atomic mass is 35.5. The van der Waals surface area contributed by atoms with Gasteiger partial charge in [-0.1, -0.05) is 23.7 Å². The van der Waals surface area contributed by atoms with Crippen LogP contribution in [0.3, 0.4) is 0 Å². The van der Waals surface area contributed by atoms with Crippen molar-refractivity contribution in [1.29, 1.82) is 0 Å². The second-order valence-electron chi connectivity index (χ2n) is 4.93. The number of nitrogens with zero attached hydrogens (tertiary/aromatic N) is 2. The zero-order valence-electron chi connectivity index (χ0n) is 10.8. The first-order valence-electron chi connectivity index (χ1n) is 6.58. The van der Waals surface area contributed by atoms with Gasteiger partial charge in [-0.3, -0.25) is 4.79 Å². The third-order valence-electron chi connectivity index (χ3n) is 3.28. The zero-order chi connectivity index (χ0) is 13.9. The van der Waals surface area contributed by atoms with Crippen molar-refractivity contribution in [2.24, 2.45) is 0 Å². The van der Waals surface area contributed by atoms with E-state index in [1.165, 1.54) is 12.8 Å². The summed E-state index contributed by atoms with van der Waals surface area (Å²) in [5.74, 6) is 0.337. The molecule has 0 aliphatic heterocycles. The molecule has 102 valence electrons. The monoisotopic (exact) mass is 287 g/mol. The lowest BCUT2D eigenvalue weighted by Gasteiger charge is -2.05. The van der Waals surface area contributed by atoms with Gasteiger partial charge in [-0.25, -0.2) is 0 Å². The molecule has 1 amide bonds. The molecule has 4 nitrogen and oxygen atoms in total. The molecule has 1 N–H and O–H groups in total. The van der Waals surface area contributed by atoms with E-state index < -0.39 is 0 Å². The van der Waals surface area contributed by atoms with Crippen LogP contribution in [0.4, 0.5) is 0 Å². The van der Waals surface area contributed by atoms with Crippen LogP contribution in [0.25, 0.3) is 0 Å². The number of hydrogen-bond donors (Lipinski definition) is 1. The van der Waals surface area contributed by atoms with Gasteiger partial charge in [-0.15, -0.1) is 5.10 Å². The summed E-state index contributed by atoms with van der Waals surface area (Å²) in [7, 11) is 0. The Morgan fingerprint density at radius 3 is 2.50 bits per heavy atom. The molecule has 0 spiro atoms. The Hall–Kier alpha value is -1.94. The number of hydrogen-bond acceptors (Lipinski definition) is 3. The summed E-state index contributed by atoms with van der Waals surface area (Å²) in [6.07, 6.45) is 2.35. The van der Waals surface area contributed by atoms with Crippen molar-refractivity contribution in [3.05, 3.63) is 58.4 Å². The van der Waals surface area contributed by atoms with E-state index in [0.717, 1.165) is 11.3 Å². The fourth-order valence-corrected chi connectivity index (χ4v) is 2.06. The summed E-state index contributed by atoms with van der Waals surface area (Å²) in [4.78, 5) is 11.9. The van der Waals surface area contributed by atoms with Gasteiger partial charge in [0, 0.05) is 17.5 Å². The topological polar surface area (TPSA) is 54.9 Å². The molecule has 20 heavy (non-hydrogen) atoms. The number of halogens is 1. The van der Waals surface area contributed by atoms with Gasteiger partial charge in [0.2, 0.25) is 0 Å². The maximum atomic E-state index is 11.9. The predicted molar refractivity (Wildman–Crippen MR) is 76.6 cm³/mol. The van der Waals surface area contributed by atoms with Gasteiger partial charge in [-0.2, -0.15) is 5.10 Å². The van der Waals surface area contributed by atoms with Gasteiger partial charge in [0.15, 0.2) is 5.69 Å². The maximum Gasteiger partial charge on any atom is 0.272 e. The molecule has 0 bridgehead atoms. The molecule has 1 aromatic carbocycles. The number of nitrogens with one attached hydrogen (secondary N) is 1. The minimum atomic E-state index is -0.213. The first kappa shape index (κ1) is 13.1. The first-order chi connectivity index (χ1) is 9.72. The Morgan fingerprint density at radius 2 is 1.90 bits per heavy atom. The molecule has 0 atom stereocenters. The smallest absolute Gasteiger partial charge is 0.272 e. The molecule has 0 unspecified atom stereocenters. The average molecular weight is 288 g/mol. The summed E-state index contributed by atoms with van der Waals surface area (Å²) < 4.78 is 0. The van der Waals surface area contributed by atoms with Gasteiger partial charge in [0.1, 0.15) is 0 Å². The van der Waals surface area contributed by atoms with Gasteiger partial charge in [0.25, 0.3) is 5.91 Å². The fourth-order valence-electron chi connectivity index (χ4n) is 1.94. The van der Waals surface area contributed by atoms with E-state index in [4.69, 9.17) is 11.6 Å². The van der Waals surface area contributed by atoms with Crippen LogP contribution in [0.2, 0.25) is 5.02 Å². The molecule has 5 heteroatoms. The average Bonchev–Trinajstić information content (AvgIpc) is 3.31. The first-order valence-corrected chi connectivity index (χ1v) is 6.96. The van der Waals surface area contributed by atoms with Crippen LogP contribution in [0.5, 0.6) is 0 Å². The second kappa shape index (κ2) is 5.59. The summed E-state index contributed by atoms with van der Waals surface area (Å²) in [6.45, 7) is 0.446. The Balaban J connectivity index is 1.59. The molecule has 1 aliphatic rings. The molecule has 1 aliphatic carbocycles. The highest BCUT2D eigenvalue weighted by molar-refractivity contribution is 6.30. The van der Waals surface area contributed by atoms with E-state index in [1.807, 2.05) is 18.2 Å². The number of benzene rings is 1. The van der Waals surface area contributed by atoms with E-state index in [2.05, 4.69) is 15.5 Å². The van der Waals surface area contributed by atoms with E-state index in [0.29, 0.717) is 23.2 Å². The van der Waals surface area contributed by atoms with Crippen LogP contribution >= 0.6 is 11.6 Å². The van der Waals surface area contributed by atoms with Crippen LogP contribution in [0, 0.1) is 0 Å². The number of carbonyl (C=O) groups excluding carboxylic acids is 1. The van der Waals surface area contributed by atoms with Crippen LogP contribution in [0.15, 0.2) is 36.4 Å². The van der Waals surface area contributed by atoms with E-state index in [1.54, 1.807) is 18.2 Å². The normalized spacial score (nSPS) is 14.1. The number of aromatic nitrogens is 2. The van der Waals surface area contributed by atoms with Crippen molar-refractivity contribution in [1.82, 2.24) is 15.5 Å². The Labute approximate surface area is 122 Å². The number of amides is 1.